The van der Waals surface area contributed by atoms with Crippen molar-refractivity contribution in [2.45, 2.75) is 38.3 Å². The van der Waals surface area contributed by atoms with Crippen molar-refractivity contribution in [3.8, 4) is 5.75 Å². The van der Waals surface area contributed by atoms with Gasteiger partial charge in [0.1, 0.15) is 11.4 Å². The number of hydrogen-bond donors (Lipinski definition) is 2. The van der Waals surface area contributed by atoms with Gasteiger partial charge < -0.3 is 15.2 Å². The molecule has 2 aliphatic rings. The largest absolute Gasteiger partial charge is 0.493 e. The molecule has 1 saturated carbocycles. The molecule has 1 aliphatic carbocycles. The first kappa shape index (κ1) is 15.6. The molecule has 0 radical (unpaired) electrons. The van der Waals surface area contributed by atoms with Gasteiger partial charge in [-0.3, -0.25) is 4.79 Å². The number of aromatic nitrogens is 1. The second-order valence-electron chi connectivity index (χ2n) is 6.55. The average molecular weight is 344 g/mol. The summed E-state index contributed by atoms with van der Waals surface area (Å²) in [7, 11) is 0. The Morgan fingerprint density at radius 1 is 1.46 bits per heavy atom. The summed E-state index contributed by atoms with van der Waals surface area (Å²) >= 11 is 1.47. The van der Waals surface area contributed by atoms with Gasteiger partial charge in [0.25, 0.3) is 5.91 Å². The summed E-state index contributed by atoms with van der Waals surface area (Å²) in [6, 6.07) is 6.03. The van der Waals surface area contributed by atoms with Crippen LogP contribution in [-0.2, 0) is 6.42 Å². The molecule has 1 aliphatic heterocycles. The summed E-state index contributed by atoms with van der Waals surface area (Å²) in [6.45, 7) is 2.61. The van der Waals surface area contributed by atoms with E-state index < -0.39 is 0 Å². The summed E-state index contributed by atoms with van der Waals surface area (Å²) < 4.78 is 5.57. The van der Waals surface area contributed by atoms with Crippen molar-refractivity contribution < 1.29 is 14.6 Å². The minimum Gasteiger partial charge on any atom is -0.493 e. The van der Waals surface area contributed by atoms with Crippen LogP contribution in [0.25, 0.3) is 0 Å². The van der Waals surface area contributed by atoms with E-state index in [-0.39, 0.29) is 24.0 Å². The van der Waals surface area contributed by atoms with Gasteiger partial charge in [-0.25, -0.2) is 4.98 Å². The number of carbonyl (C=O) groups is 1. The molecule has 1 aromatic heterocycles. The second kappa shape index (κ2) is 6.18. The van der Waals surface area contributed by atoms with Gasteiger partial charge in [-0.15, -0.1) is 11.3 Å². The maximum atomic E-state index is 12.5. The van der Waals surface area contributed by atoms with E-state index in [1.54, 1.807) is 5.38 Å². The van der Waals surface area contributed by atoms with Crippen molar-refractivity contribution in [1.29, 1.82) is 0 Å². The minimum absolute atomic E-state index is 0.103. The maximum absolute atomic E-state index is 12.5. The Balaban J connectivity index is 1.58. The lowest BCUT2D eigenvalue weighted by Gasteiger charge is -2.38. The van der Waals surface area contributed by atoms with Gasteiger partial charge in [0.15, 0.2) is 0 Å². The van der Waals surface area contributed by atoms with Crippen LogP contribution in [-0.4, -0.2) is 28.7 Å². The zero-order chi connectivity index (χ0) is 16.7. The first-order chi connectivity index (χ1) is 11.6. The summed E-state index contributed by atoms with van der Waals surface area (Å²) in [5.74, 6) is 1.04. The lowest BCUT2D eigenvalue weighted by molar-refractivity contribution is 0.0234. The first-order valence-electron chi connectivity index (χ1n) is 8.27. The van der Waals surface area contributed by atoms with Gasteiger partial charge in [-0.1, -0.05) is 6.07 Å². The third-order valence-electron chi connectivity index (χ3n) is 4.83. The Hall–Kier alpha value is -1.92. The van der Waals surface area contributed by atoms with Crippen LogP contribution in [0.4, 0.5) is 0 Å². The van der Waals surface area contributed by atoms with E-state index >= 15 is 0 Å². The lowest BCUT2D eigenvalue weighted by Crippen LogP contribution is -2.41. The van der Waals surface area contributed by atoms with Gasteiger partial charge in [0.05, 0.1) is 23.8 Å². The molecule has 2 N–H and O–H groups in total. The molecule has 1 unspecified atom stereocenters. The van der Waals surface area contributed by atoms with E-state index in [1.807, 2.05) is 19.1 Å². The highest BCUT2D eigenvalue weighted by molar-refractivity contribution is 7.09. The molecular formula is C18H20N2O3S. The molecule has 1 amide bonds. The zero-order valence-corrected chi connectivity index (χ0v) is 14.3. The molecule has 6 heteroatoms. The Morgan fingerprint density at radius 2 is 2.29 bits per heavy atom. The molecule has 24 heavy (non-hydrogen) atoms. The van der Waals surface area contributed by atoms with Gasteiger partial charge in [0, 0.05) is 11.8 Å². The average Bonchev–Trinajstić information content (AvgIpc) is 3.17. The van der Waals surface area contributed by atoms with Crippen LogP contribution in [0.15, 0.2) is 23.6 Å². The van der Waals surface area contributed by atoms with Crippen molar-refractivity contribution >= 4 is 17.2 Å². The minimum atomic E-state index is -0.256. The van der Waals surface area contributed by atoms with Crippen LogP contribution in [0.3, 0.4) is 0 Å². The Morgan fingerprint density at radius 3 is 3.00 bits per heavy atom. The van der Waals surface area contributed by atoms with Gasteiger partial charge >= 0.3 is 0 Å². The SMILES string of the molecule is Cc1nc(C(=O)NC(c2ccc3c(c2)CCO3)C2CC(O)C2)cs1. The highest BCUT2D eigenvalue weighted by atomic mass is 32.1. The molecule has 1 aromatic carbocycles. The predicted molar refractivity (Wildman–Crippen MR) is 91.4 cm³/mol. The topological polar surface area (TPSA) is 71.5 Å². The van der Waals surface area contributed by atoms with Crippen LogP contribution in [0, 0.1) is 12.8 Å². The summed E-state index contributed by atoms with van der Waals surface area (Å²) in [6.07, 6.45) is 2.08. The molecule has 5 nitrogen and oxygen atoms in total. The lowest BCUT2D eigenvalue weighted by atomic mass is 9.75. The number of ether oxygens (including phenoxy) is 1. The fraction of sp³-hybridized carbons (Fsp3) is 0.444. The normalized spacial score (nSPS) is 23.1. The molecule has 126 valence electrons. The fourth-order valence-corrected chi connectivity index (χ4v) is 4.05. The summed E-state index contributed by atoms with van der Waals surface area (Å²) in [5, 5.41) is 15.5. The number of carbonyl (C=O) groups excluding carboxylic acids is 1. The molecule has 2 heterocycles. The van der Waals surface area contributed by atoms with Crippen molar-refractivity contribution in [2.75, 3.05) is 6.61 Å². The fourth-order valence-electron chi connectivity index (χ4n) is 3.46. The van der Waals surface area contributed by atoms with Gasteiger partial charge in [-0.05, 0) is 48.9 Å². The second-order valence-corrected chi connectivity index (χ2v) is 7.62. The van der Waals surface area contributed by atoms with Crippen molar-refractivity contribution in [1.82, 2.24) is 10.3 Å². The van der Waals surface area contributed by atoms with E-state index in [4.69, 9.17) is 4.74 Å². The van der Waals surface area contributed by atoms with Gasteiger partial charge in [-0.2, -0.15) is 0 Å². The predicted octanol–water partition coefficient (Wildman–Crippen LogP) is 2.63. The number of rotatable bonds is 4. The third kappa shape index (κ3) is 2.91. The van der Waals surface area contributed by atoms with Crippen LogP contribution >= 0.6 is 11.3 Å². The van der Waals surface area contributed by atoms with E-state index in [0.717, 1.165) is 29.3 Å². The van der Waals surface area contributed by atoms with Gasteiger partial charge in [0.2, 0.25) is 0 Å². The number of benzene rings is 1. The number of nitrogens with zero attached hydrogens (tertiary/aromatic N) is 1. The number of fused-ring (bicyclic) bond motifs is 1. The summed E-state index contributed by atoms with van der Waals surface area (Å²) in [5.41, 5.74) is 2.74. The first-order valence-corrected chi connectivity index (χ1v) is 9.15. The molecule has 0 saturated heterocycles. The number of hydrogen-bond acceptors (Lipinski definition) is 5. The standard InChI is InChI=1S/C18H20N2O3S/c1-10-19-15(9-24-10)18(22)20-17(13-7-14(21)8-13)12-2-3-16-11(6-12)4-5-23-16/h2-3,6,9,13-14,17,21H,4-5,7-8H2,1H3,(H,20,22). The smallest absolute Gasteiger partial charge is 0.271 e. The Bertz CT molecular complexity index is 767. The van der Waals surface area contributed by atoms with Crippen LogP contribution < -0.4 is 10.1 Å². The highest BCUT2D eigenvalue weighted by Crippen LogP contribution is 2.40. The van der Waals surface area contributed by atoms with E-state index in [1.165, 1.54) is 16.9 Å². The number of aryl methyl sites for hydroxylation is 1. The van der Waals surface area contributed by atoms with Crippen LogP contribution in [0.5, 0.6) is 5.75 Å². The van der Waals surface area contributed by atoms with Crippen LogP contribution in [0.2, 0.25) is 0 Å². The Kier molecular flexibility index (Phi) is 4.02. The zero-order valence-electron chi connectivity index (χ0n) is 13.5. The number of thiazole rings is 1. The number of amides is 1. The Labute approximate surface area is 144 Å². The third-order valence-corrected chi connectivity index (χ3v) is 5.61. The molecule has 1 atom stereocenters. The van der Waals surface area contributed by atoms with Crippen molar-refractivity contribution in [3.63, 3.8) is 0 Å². The highest BCUT2D eigenvalue weighted by Gasteiger charge is 2.36. The van der Waals surface area contributed by atoms with E-state index in [0.29, 0.717) is 18.5 Å². The van der Waals surface area contributed by atoms with Crippen molar-refractivity contribution in [2.24, 2.45) is 5.92 Å². The molecule has 2 aromatic rings. The maximum Gasteiger partial charge on any atom is 0.271 e. The molecule has 0 bridgehead atoms. The molecular weight excluding hydrogens is 324 g/mol. The molecule has 1 fully saturated rings. The quantitative estimate of drug-likeness (QED) is 0.894. The summed E-state index contributed by atoms with van der Waals surface area (Å²) in [4.78, 5) is 16.8. The van der Waals surface area contributed by atoms with Crippen molar-refractivity contribution in [3.05, 3.63) is 45.4 Å². The number of aliphatic hydroxyl groups excluding tert-OH is 1. The van der Waals surface area contributed by atoms with Crippen LogP contribution in [0.1, 0.15) is 45.5 Å². The van der Waals surface area contributed by atoms with E-state index in [9.17, 15) is 9.90 Å². The number of nitrogens with one attached hydrogen (secondary N) is 1. The molecule has 0 spiro atoms. The molecule has 4 rings (SSSR count). The monoisotopic (exact) mass is 344 g/mol. The van der Waals surface area contributed by atoms with E-state index in [2.05, 4.69) is 16.4 Å². The number of aliphatic hydroxyl groups is 1.